The summed E-state index contributed by atoms with van der Waals surface area (Å²) in [5.41, 5.74) is 4.12. The number of benzene rings is 2. The molecule has 23 heavy (non-hydrogen) atoms. The Balaban J connectivity index is 2.02. The molecule has 0 saturated carbocycles. The van der Waals surface area contributed by atoms with Gasteiger partial charge < -0.3 is 0 Å². The average molecular weight is 336 g/mol. The van der Waals surface area contributed by atoms with Gasteiger partial charge in [-0.1, -0.05) is 24.3 Å². The molecule has 0 aliphatic rings. The summed E-state index contributed by atoms with van der Waals surface area (Å²) in [6, 6.07) is 10.4. The molecule has 0 aliphatic carbocycles. The third-order valence-electron chi connectivity index (χ3n) is 3.24. The van der Waals surface area contributed by atoms with E-state index in [0.29, 0.717) is 11.1 Å². The van der Waals surface area contributed by atoms with E-state index in [0.717, 1.165) is 5.56 Å². The van der Waals surface area contributed by atoms with Crippen molar-refractivity contribution in [2.24, 2.45) is 0 Å². The highest BCUT2D eigenvalue weighted by Gasteiger charge is 2.17. The second-order valence-corrected chi connectivity index (χ2v) is 6.88. The molecule has 2 N–H and O–H groups in total. The van der Waals surface area contributed by atoms with Crippen LogP contribution in [-0.4, -0.2) is 14.3 Å². The first kappa shape index (κ1) is 17.1. The Morgan fingerprint density at radius 1 is 1.09 bits per heavy atom. The highest BCUT2D eigenvalue weighted by Crippen LogP contribution is 2.16. The van der Waals surface area contributed by atoms with Crippen molar-refractivity contribution in [1.82, 2.24) is 10.3 Å². The van der Waals surface area contributed by atoms with Gasteiger partial charge in [0.2, 0.25) is 5.91 Å². The number of rotatable bonds is 5. The lowest BCUT2D eigenvalue weighted by atomic mass is 10.1. The quantitative estimate of drug-likeness (QED) is 0.820. The topological polar surface area (TPSA) is 75.3 Å². The lowest BCUT2D eigenvalue weighted by Crippen LogP contribution is -2.42. The molecule has 0 unspecified atom stereocenters. The SMILES string of the molecule is Cc1ccc(C)c(S(=O)(=O)NNC(=O)Cc2ccc(F)cc2)c1. The molecule has 1 amide bonds. The summed E-state index contributed by atoms with van der Waals surface area (Å²) in [4.78, 5) is 14.0. The zero-order valence-electron chi connectivity index (χ0n) is 12.8. The van der Waals surface area contributed by atoms with Crippen molar-refractivity contribution in [1.29, 1.82) is 0 Å². The zero-order chi connectivity index (χ0) is 17.0. The van der Waals surface area contributed by atoms with Gasteiger partial charge in [-0.05, 0) is 48.7 Å². The highest BCUT2D eigenvalue weighted by molar-refractivity contribution is 7.89. The van der Waals surface area contributed by atoms with Crippen LogP contribution in [0.1, 0.15) is 16.7 Å². The number of amides is 1. The average Bonchev–Trinajstić information content (AvgIpc) is 2.50. The van der Waals surface area contributed by atoms with Crippen molar-refractivity contribution in [2.75, 3.05) is 0 Å². The first-order valence-electron chi connectivity index (χ1n) is 6.90. The second-order valence-electron chi connectivity index (χ2n) is 5.23. The van der Waals surface area contributed by atoms with E-state index in [9.17, 15) is 17.6 Å². The Hall–Kier alpha value is -2.25. The van der Waals surface area contributed by atoms with Crippen molar-refractivity contribution >= 4 is 15.9 Å². The molecule has 2 aromatic rings. The number of aryl methyl sites for hydroxylation is 2. The van der Waals surface area contributed by atoms with Gasteiger partial charge in [0.1, 0.15) is 5.82 Å². The fraction of sp³-hybridized carbons (Fsp3) is 0.188. The molecule has 7 heteroatoms. The summed E-state index contributed by atoms with van der Waals surface area (Å²) in [6.07, 6.45) is -0.0599. The van der Waals surface area contributed by atoms with Gasteiger partial charge in [0.05, 0.1) is 11.3 Å². The van der Waals surface area contributed by atoms with Crippen molar-refractivity contribution < 1.29 is 17.6 Å². The second kappa shape index (κ2) is 6.89. The van der Waals surface area contributed by atoms with Gasteiger partial charge in [0.15, 0.2) is 0 Å². The van der Waals surface area contributed by atoms with Gasteiger partial charge in [-0.15, -0.1) is 4.83 Å². The Bertz CT molecular complexity index is 818. The Labute approximate surface area is 134 Å². The zero-order valence-corrected chi connectivity index (χ0v) is 13.6. The maximum atomic E-state index is 12.8. The smallest absolute Gasteiger partial charge is 0.257 e. The van der Waals surface area contributed by atoms with E-state index in [4.69, 9.17) is 0 Å². The van der Waals surface area contributed by atoms with Crippen LogP contribution in [0.15, 0.2) is 47.4 Å². The minimum absolute atomic E-state index is 0.0599. The molecule has 2 rings (SSSR count). The molecular weight excluding hydrogens is 319 g/mol. The van der Waals surface area contributed by atoms with E-state index in [1.54, 1.807) is 19.9 Å². The molecule has 0 aliphatic heterocycles. The molecule has 0 bridgehead atoms. The van der Waals surface area contributed by atoms with Gasteiger partial charge in [-0.25, -0.2) is 12.8 Å². The summed E-state index contributed by atoms with van der Waals surface area (Å²) < 4.78 is 37.3. The number of carbonyl (C=O) groups excluding carboxylic acids is 1. The molecule has 0 atom stereocenters. The van der Waals surface area contributed by atoms with Crippen LogP contribution in [0.25, 0.3) is 0 Å². The Kier molecular flexibility index (Phi) is 5.12. The highest BCUT2D eigenvalue weighted by atomic mass is 32.2. The van der Waals surface area contributed by atoms with E-state index >= 15 is 0 Å². The molecular formula is C16H17FN2O3S. The van der Waals surface area contributed by atoms with Crippen LogP contribution < -0.4 is 10.3 Å². The normalized spacial score (nSPS) is 11.3. The van der Waals surface area contributed by atoms with Crippen LogP contribution in [0.3, 0.4) is 0 Å². The van der Waals surface area contributed by atoms with Crippen molar-refractivity contribution in [3.63, 3.8) is 0 Å². The summed E-state index contributed by atoms with van der Waals surface area (Å²) in [5, 5.41) is 0. The lowest BCUT2D eigenvalue weighted by Gasteiger charge is -2.11. The van der Waals surface area contributed by atoms with Gasteiger partial charge in [-0.3, -0.25) is 10.2 Å². The molecule has 5 nitrogen and oxygen atoms in total. The first-order valence-corrected chi connectivity index (χ1v) is 8.38. The van der Waals surface area contributed by atoms with E-state index in [1.165, 1.54) is 30.3 Å². The summed E-state index contributed by atoms with van der Waals surface area (Å²) in [6.45, 7) is 3.46. The summed E-state index contributed by atoms with van der Waals surface area (Å²) >= 11 is 0. The maximum Gasteiger partial charge on any atom is 0.257 e. The van der Waals surface area contributed by atoms with Crippen LogP contribution in [0, 0.1) is 19.7 Å². The fourth-order valence-corrected chi connectivity index (χ4v) is 3.20. The number of hydrogen-bond donors (Lipinski definition) is 2. The van der Waals surface area contributed by atoms with Gasteiger partial charge in [-0.2, -0.15) is 0 Å². The molecule has 0 spiro atoms. The van der Waals surface area contributed by atoms with Crippen LogP contribution in [-0.2, 0) is 21.2 Å². The van der Waals surface area contributed by atoms with E-state index in [2.05, 4.69) is 10.3 Å². The maximum absolute atomic E-state index is 12.8. The molecule has 122 valence electrons. The van der Waals surface area contributed by atoms with Gasteiger partial charge >= 0.3 is 0 Å². The van der Waals surface area contributed by atoms with E-state index in [1.807, 2.05) is 6.07 Å². The number of nitrogens with one attached hydrogen (secondary N) is 2. The van der Waals surface area contributed by atoms with Gasteiger partial charge in [0, 0.05) is 0 Å². The van der Waals surface area contributed by atoms with Crippen molar-refractivity contribution in [3.05, 3.63) is 65.0 Å². The first-order chi connectivity index (χ1) is 10.8. The molecule has 0 radical (unpaired) electrons. The van der Waals surface area contributed by atoms with Crippen LogP contribution in [0.2, 0.25) is 0 Å². The monoisotopic (exact) mass is 336 g/mol. The third-order valence-corrected chi connectivity index (χ3v) is 4.63. The molecule has 2 aromatic carbocycles. The van der Waals surface area contributed by atoms with E-state index < -0.39 is 21.7 Å². The predicted molar refractivity (Wildman–Crippen MR) is 84.5 cm³/mol. The fourth-order valence-electron chi connectivity index (χ4n) is 2.01. The van der Waals surface area contributed by atoms with Crippen LogP contribution in [0.4, 0.5) is 4.39 Å². The minimum Gasteiger partial charge on any atom is -0.277 e. The third kappa shape index (κ3) is 4.61. The van der Waals surface area contributed by atoms with Gasteiger partial charge in [0.25, 0.3) is 10.0 Å². The number of sulfonamides is 1. The number of hydrogen-bond acceptors (Lipinski definition) is 3. The van der Waals surface area contributed by atoms with Crippen molar-refractivity contribution in [3.8, 4) is 0 Å². The van der Waals surface area contributed by atoms with E-state index in [-0.39, 0.29) is 11.3 Å². The number of halogens is 1. The molecule has 0 fully saturated rings. The van der Waals surface area contributed by atoms with Crippen molar-refractivity contribution in [2.45, 2.75) is 25.2 Å². The number of hydrazine groups is 1. The molecule has 0 heterocycles. The summed E-state index contributed by atoms with van der Waals surface area (Å²) in [7, 11) is -3.85. The van der Waals surface area contributed by atoms with Crippen LogP contribution >= 0.6 is 0 Å². The lowest BCUT2D eigenvalue weighted by molar-refractivity contribution is -0.120. The largest absolute Gasteiger partial charge is 0.277 e. The summed E-state index contributed by atoms with van der Waals surface area (Å²) in [5.74, 6) is -0.935. The Morgan fingerprint density at radius 3 is 2.39 bits per heavy atom. The van der Waals surface area contributed by atoms with Crippen LogP contribution in [0.5, 0.6) is 0 Å². The Morgan fingerprint density at radius 2 is 1.74 bits per heavy atom. The predicted octanol–water partition coefficient (Wildman–Crippen LogP) is 1.99. The molecule has 0 saturated heterocycles. The standard InChI is InChI=1S/C16H17FN2O3S/c1-11-3-4-12(2)15(9-11)23(21,22)19-18-16(20)10-13-5-7-14(17)8-6-13/h3-9,19H,10H2,1-2H3,(H,18,20). The molecule has 0 aromatic heterocycles. The number of carbonyl (C=O) groups is 1. The minimum atomic E-state index is -3.85.